The van der Waals surface area contributed by atoms with E-state index >= 15 is 0 Å². The first-order valence-electron chi connectivity index (χ1n) is 12.6. The van der Waals surface area contributed by atoms with Crippen LogP contribution in [0.15, 0.2) is 69.9 Å². The third-order valence-corrected chi connectivity index (χ3v) is 9.10. The first-order valence-corrected chi connectivity index (χ1v) is 14.2. The summed E-state index contributed by atoms with van der Waals surface area (Å²) in [5, 5.41) is 6.61. The Morgan fingerprint density at radius 2 is 1.58 bits per heavy atom. The molecule has 2 aliphatic rings. The van der Waals surface area contributed by atoms with Gasteiger partial charge in [-0.2, -0.15) is 0 Å². The number of hydrogen-bond donors (Lipinski definition) is 2. The molecule has 36 heavy (non-hydrogen) atoms. The van der Waals surface area contributed by atoms with Crippen molar-refractivity contribution in [1.29, 1.82) is 0 Å². The van der Waals surface area contributed by atoms with Crippen molar-refractivity contribution in [3.8, 4) is 0 Å². The van der Waals surface area contributed by atoms with Crippen LogP contribution < -0.4 is 0 Å². The number of aromatic amines is 2. The molecule has 3 aromatic heterocycles. The van der Waals surface area contributed by atoms with Crippen LogP contribution in [-0.4, -0.2) is 39.6 Å². The lowest BCUT2D eigenvalue weighted by Crippen LogP contribution is -2.18. The van der Waals surface area contributed by atoms with Crippen LogP contribution in [0.4, 0.5) is 0 Å². The summed E-state index contributed by atoms with van der Waals surface area (Å²) in [6.45, 7) is 2.49. The van der Waals surface area contributed by atoms with Crippen molar-refractivity contribution in [2.75, 3.05) is 20.1 Å². The Morgan fingerprint density at radius 3 is 2.47 bits per heavy atom. The Morgan fingerprint density at radius 1 is 0.778 bits per heavy atom. The number of hydrogen-bond acceptors (Lipinski definition) is 1. The van der Waals surface area contributed by atoms with Gasteiger partial charge in [0.2, 0.25) is 0 Å². The predicted molar refractivity (Wildman–Crippen MR) is 158 cm³/mol. The number of nitrogens with one attached hydrogen (secondary N) is 2. The van der Waals surface area contributed by atoms with E-state index in [1.165, 1.54) is 75.1 Å². The van der Waals surface area contributed by atoms with E-state index in [0.717, 1.165) is 20.8 Å². The molecule has 2 atom stereocenters. The van der Waals surface area contributed by atoms with Crippen LogP contribution in [0.25, 0.3) is 43.5 Å². The molecule has 6 heteroatoms. The predicted octanol–water partition coefficient (Wildman–Crippen LogP) is 8.10. The molecule has 0 radical (unpaired) electrons. The number of likely N-dealkylation sites (N-methyl/N-ethyl adjacent to an activating group) is 1. The third kappa shape index (κ3) is 3.65. The van der Waals surface area contributed by atoms with E-state index in [1.807, 2.05) is 0 Å². The topological polar surface area (TPSA) is 39.8 Å². The molecular weight excluding hydrogens is 576 g/mol. The number of nitrogens with zero attached hydrogens (tertiary/aromatic N) is 2. The molecule has 4 nitrogen and oxygen atoms in total. The summed E-state index contributed by atoms with van der Waals surface area (Å²) in [4.78, 5) is 9.60. The van der Waals surface area contributed by atoms with Crippen molar-refractivity contribution in [1.82, 2.24) is 19.4 Å². The minimum absolute atomic E-state index is 0.744. The molecule has 1 fully saturated rings. The number of aromatic nitrogens is 3. The fourth-order valence-corrected chi connectivity index (χ4v) is 7.35. The molecule has 0 unspecified atom stereocenters. The maximum atomic E-state index is 3.64. The Bertz CT molecular complexity index is 1770. The number of aryl methyl sites for hydroxylation is 2. The van der Waals surface area contributed by atoms with Crippen molar-refractivity contribution < 1.29 is 0 Å². The van der Waals surface area contributed by atoms with Gasteiger partial charge >= 0.3 is 0 Å². The summed E-state index contributed by atoms with van der Waals surface area (Å²) < 4.78 is 4.39. The zero-order valence-electron chi connectivity index (χ0n) is 20.4. The molecule has 0 spiro atoms. The molecule has 1 aliphatic heterocycles. The molecule has 2 N–H and O–H groups in total. The number of rotatable bonds is 0. The molecule has 0 bridgehead atoms. The van der Waals surface area contributed by atoms with Crippen LogP contribution in [0.1, 0.15) is 23.6 Å². The molecule has 1 aliphatic carbocycles. The van der Waals surface area contributed by atoms with E-state index < -0.39 is 0 Å². The molecule has 182 valence electrons. The Kier molecular flexibility index (Phi) is 5.35. The van der Waals surface area contributed by atoms with Gasteiger partial charge in [0.1, 0.15) is 0 Å². The minimum Gasteiger partial charge on any atom is -0.358 e. The monoisotopic (exact) mass is 602 g/mol. The Hall–Kier alpha value is -2.54. The highest BCUT2D eigenvalue weighted by Gasteiger charge is 2.37. The quantitative estimate of drug-likeness (QED) is 0.181. The van der Waals surface area contributed by atoms with Gasteiger partial charge in [-0.05, 0) is 67.8 Å². The van der Waals surface area contributed by atoms with Gasteiger partial charge in [0, 0.05) is 96.6 Å². The average Bonchev–Trinajstić information content (AvgIpc) is 3.59. The summed E-state index contributed by atoms with van der Waals surface area (Å²) in [5.41, 5.74) is 6.77. The van der Waals surface area contributed by atoms with Crippen LogP contribution >= 0.6 is 31.9 Å². The molecule has 1 saturated heterocycles. The smallest absolute Gasteiger partial charge is 0.0471 e. The molecule has 0 amide bonds. The van der Waals surface area contributed by atoms with Crippen LogP contribution in [0.5, 0.6) is 0 Å². The zero-order chi connectivity index (χ0) is 24.6. The Balaban J connectivity index is 0.000000122. The lowest BCUT2D eigenvalue weighted by Gasteiger charge is -2.24. The molecule has 8 rings (SSSR count). The number of H-pyrrole nitrogens is 2. The van der Waals surface area contributed by atoms with Gasteiger partial charge in [0.25, 0.3) is 0 Å². The average molecular weight is 604 g/mol. The van der Waals surface area contributed by atoms with E-state index in [9.17, 15) is 0 Å². The SMILES string of the molecule is CN1C[C@@H]2CCc3[nH]c4cc(Br)ccc4c3[C@@H]2C1.Cn1cc2ccc3[nH]c4ccc(Br)cc4c3c2c1. The van der Waals surface area contributed by atoms with Gasteiger partial charge in [0.15, 0.2) is 0 Å². The minimum atomic E-state index is 0.744. The van der Waals surface area contributed by atoms with Crippen molar-refractivity contribution in [2.45, 2.75) is 18.8 Å². The fraction of sp³-hybridized carbons (Fsp3) is 0.267. The van der Waals surface area contributed by atoms with E-state index in [2.05, 4.69) is 126 Å². The summed E-state index contributed by atoms with van der Waals surface area (Å²) in [6.07, 6.45) is 6.91. The largest absolute Gasteiger partial charge is 0.358 e. The maximum absolute atomic E-state index is 3.64. The summed E-state index contributed by atoms with van der Waals surface area (Å²) >= 11 is 7.12. The van der Waals surface area contributed by atoms with Crippen LogP contribution in [0.2, 0.25) is 0 Å². The van der Waals surface area contributed by atoms with Crippen molar-refractivity contribution >= 4 is 75.3 Å². The molecule has 6 aromatic rings. The number of halogens is 2. The van der Waals surface area contributed by atoms with Crippen molar-refractivity contribution in [2.24, 2.45) is 13.0 Å². The molecular formula is C30H28Br2N4. The number of fused-ring (bicyclic) bond motifs is 10. The van der Waals surface area contributed by atoms with Crippen molar-refractivity contribution in [3.05, 3.63) is 81.1 Å². The van der Waals surface area contributed by atoms with E-state index in [1.54, 1.807) is 5.56 Å². The number of benzene rings is 3. The van der Waals surface area contributed by atoms with Gasteiger partial charge in [-0.25, -0.2) is 0 Å². The second-order valence-corrected chi connectivity index (χ2v) is 12.4. The number of likely N-dealkylation sites (tertiary alicyclic amines) is 1. The zero-order valence-corrected chi connectivity index (χ0v) is 23.6. The fourth-order valence-electron chi connectivity index (χ4n) is 6.62. The van der Waals surface area contributed by atoms with Gasteiger partial charge in [-0.15, -0.1) is 0 Å². The van der Waals surface area contributed by atoms with Gasteiger partial charge < -0.3 is 19.4 Å². The van der Waals surface area contributed by atoms with Gasteiger partial charge in [0.05, 0.1) is 0 Å². The van der Waals surface area contributed by atoms with E-state index in [4.69, 9.17) is 0 Å². The summed E-state index contributed by atoms with van der Waals surface area (Å²) in [5.74, 6) is 1.61. The summed E-state index contributed by atoms with van der Waals surface area (Å²) in [7, 11) is 4.32. The van der Waals surface area contributed by atoms with Crippen LogP contribution in [0, 0.1) is 5.92 Å². The second-order valence-electron chi connectivity index (χ2n) is 10.6. The van der Waals surface area contributed by atoms with E-state index in [-0.39, 0.29) is 0 Å². The molecule has 0 saturated carbocycles. The highest BCUT2D eigenvalue weighted by molar-refractivity contribution is 9.10. The maximum Gasteiger partial charge on any atom is 0.0471 e. The standard InChI is InChI=1S/C15H17BrN2.C15H11BrN2/c1-18-7-9-2-5-13-15(12(9)8-18)11-4-3-10(16)6-14(11)17-13;1-18-7-9-2-4-14-15(12(9)8-18)11-6-10(16)3-5-13(11)17-14/h3-4,6,9,12,17H,2,5,7-8H2,1H3;2-8,17H,1H3/t9-,12+;/m0./s1. The summed E-state index contributed by atoms with van der Waals surface area (Å²) in [6, 6.07) is 17.3. The Labute approximate surface area is 226 Å². The van der Waals surface area contributed by atoms with Gasteiger partial charge in [-0.1, -0.05) is 44.0 Å². The third-order valence-electron chi connectivity index (χ3n) is 8.12. The lowest BCUT2D eigenvalue weighted by atomic mass is 9.79. The van der Waals surface area contributed by atoms with Gasteiger partial charge in [-0.3, -0.25) is 0 Å². The van der Waals surface area contributed by atoms with Crippen LogP contribution in [-0.2, 0) is 13.5 Å². The van der Waals surface area contributed by atoms with E-state index in [0.29, 0.717) is 0 Å². The first kappa shape index (κ1) is 22.6. The second kappa shape index (κ2) is 8.51. The van der Waals surface area contributed by atoms with Crippen LogP contribution in [0.3, 0.4) is 0 Å². The molecule has 3 aromatic carbocycles. The first-order chi connectivity index (χ1) is 17.4. The highest BCUT2D eigenvalue weighted by atomic mass is 79.9. The van der Waals surface area contributed by atoms with Crippen molar-refractivity contribution in [3.63, 3.8) is 0 Å². The highest BCUT2D eigenvalue weighted by Crippen LogP contribution is 2.44. The normalized spacial score (nSPS) is 19.7. The lowest BCUT2D eigenvalue weighted by molar-refractivity contribution is 0.386. The molecule has 4 heterocycles.